The molecule has 1 saturated heterocycles. The van der Waals surface area contributed by atoms with Gasteiger partial charge < -0.3 is 24.0 Å². The quantitative estimate of drug-likeness (QED) is 0.481. The van der Waals surface area contributed by atoms with E-state index in [0.717, 1.165) is 30.8 Å². The molecule has 1 atom stereocenters. The zero-order valence-electron chi connectivity index (χ0n) is 19.9. The maximum absolute atomic E-state index is 13.6. The Labute approximate surface area is 205 Å². The topological polar surface area (TPSA) is 51.2 Å². The molecule has 1 fully saturated rings. The number of aryl methyl sites for hydroxylation is 1. The fraction of sp³-hybridized carbons (Fsp3) is 0.444. The van der Waals surface area contributed by atoms with Gasteiger partial charge in [0.15, 0.2) is 11.5 Å². The van der Waals surface area contributed by atoms with Crippen LogP contribution in [0.15, 0.2) is 41.8 Å². The van der Waals surface area contributed by atoms with Crippen molar-refractivity contribution in [3.8, 4) is 11.5 Å². The van der Waals surface area contributed by atoms with Crippen molar-refractivity contribution in [2.24, 2.45) is 0 Å². The number of amides is 2. The lowest BCUT2D eigenvalue weighted by Crippen LogP contribution is -2.51. The molecule has 0 spiro atoms. The fourth-order valence-electron chi connectivity index (χ4n) is 5.13. The molecule has 2 aromatic carbocycles. The Balaban J connectivity index is 1.48. The van der Waals surface area contributed by atoms with Gasteiger partial charge in [0, 0.05) is 24.3 Å². The number of carbonyl (C=O) groups is 1. The lowest BCUT2D eigenvalue weighted by Gasteiger charge is -2.41. The van der Waals surface area contributed by atoms with Crippen LogP contribution in [0, 0.1) is 0 Å². The van der Waals surface area contributed by atoms with Crippen LogP contribution in [0.1, 0.15) is 36.1 Å². The normalized spacial score (nSPS) is 18.1. The van der Waals surface area contributed by atoms with E-state index >= 15 is 0 Å². The number of ether oxygens (including phenoxy) is 3. The Morgan fingerprint density at radius 3 is 2.76 bits per heavy atom. The van der Waals surface area contributed by atoms with Gasteiger partial charge in [-0.3, -0.25) is 0 Å². The summed E-state index contributed by atoms with van der Waals surface area (Å²) in [7, 11) is 1.68. The number of benzene rings is 2. The van der Waals surface area contributed by atoms with E-state index < -0.39 is 0 Å². The van der Waals surface area contributed by atoms with E-state index in [0.29, 0.717) is 39.5 Å². The lowest BCUT2D eigenvalue weighted by atomic mass is 9.88. The van der Waals surface area contributed by atoms with Crippen molar-refractivity contribution in [2.45, 2.75) is 32.2 Å². The second-order valence-electron chi connectivity index (χ2n) is 8.77. The van der Waals surface area contributed by atoms with Gasteiger partial charge in [0.1, 0.15) is 0 Å². The van der Waals surface area contributed by atoms with E-state index in [4.69, 9.17) is 14.2 Å². The number of urea groups is 1. The number of morpholine rings is 1. The molecule has 0 bridgehead atoms. The summed E-state index contributed by atoms with van der Waals surface area (Å²) in [6, 6.07) is 12.9. The maximum Gasteiger partial charge on any atom is 0.320 e. The zero-order valence-corrected chi connectivity index (χ0v) is 20.7. The summed E-state index contributed by atoms with van der Waals surface area (Å²) in [6.45, 7) is 5.76. The van der Waals surface area contributed by atoms with Crippen LogP contribution >= 0.6 is 11.3 Å². The summed E-state index contributed by atoms with van der Waals surface area (Å²) in [6.07, 6.45) is 2.59. The minimum atomic E-state index is -0.0112. The average Bonchev–Trinajstić information content (AvgIpc) is 3.30. The largest absolute Gasteiger partial charge is 0.493 e. The van der Waals surface area contributed by atoms with E-state index in [1.54, 1.807) is 18.4 Å². The number of fused-ring (bicyclic) bond motifs is 2. The molecule has 6 nitrogen and oxygen atoms in total. The molecule has 2 aliphatic rings. The van der Waals surface area contributed by atoms with Gasteiger partial charge >= 0.3 is 6.03 Å². The molecule has 0 radical (unpaired) electrons. The molecule has 1 aromatic heterocycles. The van der Waals surface area contributed by atoms with Gasteiger partial charge in [-0.05, 0) is 71.8 Å². The molecule has 2 amide bonds. The number of methoxy groups -OCH3 is 1. The minimum absolute atomic E-state index is 0.0112. The predicted molar refractivity (Wildman–Crippen MR) is 135 cm³/mol. The monoisotopic (exact) mass is 480 g/mol. The van der Waals surface area contributed by atoms with E-state index in [9.17, 15) is 4.79 Å². The number of hydrogen-bond acceptors (Lipinski definition) is 5. The highest BCUT2D eigenvalue weighted by molar-refractivity contribution is 7.17. The van der Waals surface area contributed by atoms with Gasteiger partial charge in [-0.1, -0.05) is 18.2 Å². The Kier molecular flexibility index (Phi) is 6.92. The summed E-state index contributed by atoms with van der Waals surface area (Å²) in [5.41, 5.74) is 3.77. The summed E-state index contributed by atoms with van der Waals surface area (Å²) in [5.74, 6) is 1.51. The Bertz CT molecular complexity index is 1150. The molecular formula is C27H32N2O4S. The highest BCUT2D eigenvalue weighted by Gasteiger charge is 2.34. The van der Waals surface area contributed by atoms with Crippen LogP contribution < -0.4 is 9.47 Å². The van der Waals surface area contributed by atoms with Gasteiger partial charge in [0.25, 0.3) is 0 Å². The first-order chi connectivity index (χ1) is 16.7. The summed E-state index contributed by atoms with van der Waals surface area (Å²) < 4.78 is 18.3. The molecule has 1 unspecified atom stereocenters. The van der Waals surface area contributed by atoms with E-state index in [-0.39, 0.29) is 12.1 Å². The zero-order chi connectivity index (χ0) is 23.5. The molecule has 5 rings (SSSR count). The SMILES string of the molecule is CCOc1cc2c(cc1OC)CCN(C(=O)N1CCOCC1)C2CCc1csc2ccccc12. The molecule has 0 N–H and O–H groups in total. The molecular weight excluding hydrogens is 448 g/mol. The third-order valence-electron chi connectivity index (χ3n) is 6.86. The number of nitrogens with zero attached hydrogens (tertiary/aromatic N) is 2. The van der Waals surface area contributed by atoms with E-state index in [1.165, 1.54) is 26.8 Å². The van der Waals surface area contributed by atoms with Crippen LogP contribution in [0.25, 0.3) is 10.1 Å². The standard InChI is InChI=1S/C27H32N2O4S/c1-3-33-25-17-22-19(16-24(25)31-2)10-11-29(27(30)28-12-14-32-15-13-28)23(22)9-8-20-18-34-26-7-5-4-6-21(20)26/h4-7,16-18,23H,3,8-15H2,1-2H3. The fourth-order valence-corrected chi connectivity index (χ4v) is 6.13. The summed E-state index contributed by atoms with van der Waals surface area (Å²) >= 11 is 1.79. The van der Waals surface area contributed by atoms with Gasteiger partial charge in [-0.2, -0.15) is 0 Å². The molecule has 0 saturated carbocycles. The van der Waals surface area contributed by atoms with Crippen molar-refractivity contribution in [3.63, 3.8) is 0 Å². The third-order valence-corrected chi connectivity index (χ3v) is 7.87. The highest BCUT2D eigenvalue weighted by Crippen LogP contribution is 2.41. The van der Waals surface area contributed by atoms with Gasteiger partial charge in [0.05, 0.1) is 33.0 Å². The van der Waals surface area contributed by atoms with E-state index in [2.05, 4.69) is 46.7 Å². The number of hydrogen-bond donors (Lipinski definition) is 0. The Hall–Kier alpha value is -2.77. The van der Waals surface area contributed by atoms with E-state index in [1.807, 2.05) is 11.8 Å². The van der Waals surface area contributed by atoms with Crippen molar-refractivity contribution < 1.29 is 19.0 Å². The molecule has 7 heteroatoms. The second-order valence-corrected chi connectivity index (χ2v) is 9.68. The summed E-state index contributed by atoms with van der Waals surface area (Å²) in [5, 5.41) is 3.58. The van der Waals surface area contributed by atoms with Crippen molar-refractivity contribution in [2.75, 3.05) is 46.6 Å². The van der Waals surface area contributed by atoms with Crippen LogP contribution in [0.5, 0.6) is 11.5 Å². The predicted octanol–water partition coefficient (Wildman–Crippen LogP) is 5.29. The Morgan fingerprint density at radius 1 is 1.15 bits per heavy atom. The molecule has 34 heavy (non-hydrogen) atoms. The number of thiophene rings is 1. The van der Waals surface area contributed by atoms with Crippen molar-refractivity contribution in [3.05, 3.63) is 58.5 Å². The first kappa shape index (κ1) is 23.0. The second kappa shape index (κ2) is 10.2. The van der Waals surface area contributed by atoms with Crippen molar-refractivity contribution in [1.82, 2.24) is 9.80 Å². The van der Waals surface area contributed by atoms with Gasteiger partial charge in [0.2, 0.25) is 0 Å². The molecule has 2 aliphatic heterocycles. The first-order valence-electron chi connectivity index (χ1n) is 12.1. The van der Waals surface area contributed by atoms with Gasteiger partial charge in [-0.15, -0.1) is 11.3 Å². The molecule has 0 aliphatic carbocycles. The average molecular weight is 481 g/mol. The smallest absolute Gasteiger partial charge is 0.320 e. The van der Waals surface area contributed by atoms with Crippen LogP contribution in [0.3, 0.4) is 0 Å². The number of rotatable bonds is 6. The minimum Gasteiger partial charge on any atom is -0.493 e. The van der Waals surface area contributed by atoms with Crippen molar-refractivity contribution >= 4 is 27.5 Å². The van der Waals surface area contributed by atoms with Crippen LogP contribution in [-0.4, -0.2) is 62.4 Å². The maximum atomic E-state index is 13.6. The Morgan fingerprint density at radius 2 is 1.97 bits per heavy atom. The van der Waals surface area contributed by atoms with Gasteiger partial charge in [-0.25, -0.2) is 4.79 Å². The number of carbonyl (C=O) groups excluding carboxylic acids is 1. The van der Waals surface area contributed by atoms with Crippen molar-refractivity contribution in [1.29, 1.82) is 0 Å². The van der Waals surface area contributed by atoms with Crippen LogP contribution in [-0.2, 0) is 17.6 Å². The molecule has 3 heterocycles. The lowest BCUT2D eigenvalue weighted by molar-refractivity contribution is 0.0376. The molecule has 180 valence electrons. The van der Waals surface area contributed by atoms with Crippen LogP contribution in [0.2, 0.25) is 0 Å². The highest BCUT2D eigenvalue weighted by atomic mass is 32.1. The third kappa shape index (κ3) is 4.46. The summed E-state index contributed by atoms with van der Waals surface area (Å²) in [4.78, 5) is 17.6. The van der Waals surface area contributed by atoms with Crippen LogP contribution in [0.4, 0.5) is 4.79 Å². The molecule has 3 aromatic rings. The first-order valence-corrected chi connectivity index (χ1v) is 13.0.